The zero-order chi connectivity index (χ0) is 13.2. The molecule has 0 aliphatic carbocycles. The van der Waals surface area contributed by atoms with Crippen LogP contribution in [0, 0.1) is 0 Å². The van der Waals surface area contributed by atoms with E-state index >= 15 is 0 Å². The summed E-state index contributed by atoms with van der Waals surface area (Å²) in [4.78, 5) is 0. The lowest BCUT2D eigenvalue weighted by molar-refractivity contribution is 0.830. The third-order valence-corrected chi connectivity index (χ3v) is 4.81. The molecule has 0 amide bonds. The van der Waals surface area contributed by atoms with Crippen LogP contribution in [0.4, 0.5) is 0 Å². The highest BCUT2D eigenvalue weighted by Crippen LogP contribution is 2.35. The fourth-order valence-corrected chi connectivity index (χ4v) is 3.03. The van der Waals surface area contributed by atoms with Gasteiger partial charge in [0.05, 0.1) is 0 Å². The molecule has 0 N–H and O–H groups in total. The van der Waals surface area contributed by atoms with E-state index in [2.05, 4.69) is 10.2 Å². The lowest BCUT2D eigenvalue weighted by Gasteiger charge is -2.29. The van der Waals surface area contributed by atoms with Crippen molar-refractivity contribution in [2.45, 2.75) is 5.04 Å². The van der Waals surface area contributed by atoms with Gasteiger partial charge in [-0.15, -0.1) is 11.6 Å². The van der Waals surface area contributed by atoms with Gasteiger partial charge in [-0.3, -0.25) is 0 Å². The number of halogens is 3. The Morgan fingerprint density at radius 2 is 1.56 bits per heavy atom. The Morgan fingerprint density at radius 1 is 0.944 bits per heavy atom. The maximum Gasteiger partial charge on any atom is 0.0461 e. The quantitative estimate of drug-likeness (QED) is 0.572. The summed E-state index contributed by atoms with van der Waals surface area (Å²) in [5.41, 5.74) is 1.97. The molecule has 0 bridgehead atoms. The van der Waals surface area contributed by atoms with Crippen LogP contribution in [0.15, 0.2) is 48.5 Å². The van der Waals surface area contributed by atoms with E-state index in [0.717, 1.165) is 11.1 Å². The molecule has 4 heteroatoms. The summed E-state index contributed by atoms with van der Waals surface area (Å²) in [5, 5.41) is 0.870. The maximum atomic E-state index is 6.25. The second kappa shape index (κ2) is 5.66. The van der Waals surface area contributed by atoms with Gasteiger partial charge in [0.1, 0.15) is 0 Å². The normalized spacial score (nSPS) is 14.2. The van der Waals surface area contributed by atoms with Crippen molar-refractivity contribution in [2.24, 2.45) is 0 Å². The van der Waals surface area contributed by atoms with E-state index in [-0.39, 0.29) is 0 Å². The molecule has 2 aromatic rings. The van der Waals surface area contributed by atoms with E-state index in [1.54, 1.807) is 0 Å². The van der Waals surface area contributed by atoms with E-state index in [4.69, 9.17) is 34.8 Å². The number of alkyl halides is 1. The van der Waals surface area contributed by atoms with Gasteiger partial charge >= 0.3 is 0 Å². The molecule has 0 aliphatic heterocycles. The van der Waals surface area contributed by atoms with Gasteiger partial charge in [-0.1, -0.05) is 53.5 Å². The molecule has 0 saturated carbocycles. The minimum Gasteiger partial charge on any atom is -0.126 e. The summed E-state index contributed by atoms with van der Waals surface area (Å²) >= 11 is 18.3. The molecule has 0 heterocycles. The van der Waals surface area contributed by atoms with Crippen molar-refractivity contribution in [3.8, 4) is 0 Å². The highest BCUT2D eigenvalue weighted by molar-refractivity contribution is 6.34. The molecule has 0 spiro atoms. The van der Waals surface area contributed by atoms with Crippen LogP contribution < -0.4 is 0 Å². The van der Waals surface area contributed by atoms with Gasteiger partial charge in [-0.05, 0) is 29.3 Å². The van der Waals surface area contributed by atoms with Crippen molar-refractivity contribution in [1.82, 2.24) is 0 Å². The fourth-order valence-electron chi connectivity index (χ4n) is 1.85. The highest BCUT2D eigenvalue weighted by atomic mass is 35.5. The third-order valence-electron chi connectivity index (χ3n) is 2.87. The van der Waals surface area contributed by atoms with Crippen LogP contribution in [-0.4, -0.2) is 16.1 Å². The van der Waals surface area contributed by atoms with Crippen LogP contribution in [0.1, 0.15) is 11.1 Å². The Hall–Kier alpha value is -0.473. The number of rotatable bonds is 3. The Balaban J connectivity index is 2.55. The van der Waals surface area contributed by atoms with E-state index in [1.165, 1.54) is 0 Å². The molecule has 3 radical (unpaired) electrons. The molecule has 0 fully saturated rings. The monoisotopic (exact) mass is 311 g/mol. The maximum absolute atomic E-state index is 6.25. The molecule has 2 aromatic carbocycles. The molecule has 0 aromatic heterocycles. The Bertz CT molecular complexity index is 539. The summed E-state index contributed by atoms with van der Waals surface area (Å²) in [6.45, 7) is 0. The van der Waals surface area contributed by atoms with Crippen LogP contribution in [0.2, 0.25) is 10.0 Å². The fraction of sp³-hybridized carbons (Fsp3) is 0.143. The van der Waals surface area contributed by atoms with Gasteiger partial charge in [-0.2, -0.15) is 0 Å². The average molecular weight is 313 g/mol. The molecule has 2 rings (SSSR count). The van der Waals surface area contributed by atoms with Crippen molar-refractivity contribution in [1.29, 1.82) is 0 Å². The van der Waals surface area contributed by atoms with Crippen LogP contribution in [0.25, 0.3) is 0 Å². The van der Waals surface area contributed by atoms with Crippen LogP contribution >= 0.6 is 34.8 Å². The predicted molar refractivity (Wildman–Crippen MR) is 80.2 cm³/mol. The molecule has 91 valence electrons. The van der Waals surface area contributed by atoms with E-state index < -0.39 is 5.04 Å². The van der Waals surface area contributed by atoms with E-state index in [9.17, 15) is 0 Å². The summed E-state index contributed by atoms with van der Waals surface area (Å²) in [7, 11) is 3.78. The first-order valence-corrected chi connectivity index (χ1v) is 7.19. The Kier molecular flexibility index (Phi) is 4.39. The molecule has 0 saturated heterocycles. The van der Waals surface area contributed by atoms with Crippen molar-refractivity contribution in [3.63, 3.8) is 0 Å². The summed E-state index contributed by atoms with van der Waals surface area (Å²) < 4.78 is 0. The van der Waals surface area contributed by atoms with Gasteiger partial charge < -0.3 is 0 Å². The van der Waals surface area contributed by atoms with Crippen LogP contribution in [0.5, 0.6) is 0 Å². The standard InChI is InChI=1S/C14H10Cl3Si/c15-9-14(18,10-5-7-11(16)8-6-10)12-3-1-2-4-13(12)17/h1-8H,9H2. The Morgan fingerprint density at radius 3 is 2.11 bits per heavy atom. The van der Waals surface area contributed by atoms with E-state index in [0.29, 0.717) is 15.9 Å². The largest absolute Gasteiger partial charge is 0.126 e. The van der Waals surface area contributed by atoms with Crippen molar-refractivity contribution in [2.75, 3.05) is 5.88 Å². The molecule has 1 unspecified atom stereocenters. The molecule has 1 atom stereocenters. The first-order chi connectivity index (χ1) is 8.58. The lowest BCUT2D eigenvalue weighted by atomic mass is 9.91. The van der Waals surface area contributed by atoms with Crippen molar-refractivity contribution in [3.05, 3.63) is 69.7 Å². The van der Waals surface area contributed by atoms with Crippen molar-refractivity contribution < 1.29 is 0 Å². The number of benzene rings is 2. The van der Waals surface area contributed by atoms with Crippen LogP contribution in [-0.2, 0) is 5.04 Å². The highest BCUT2D eigenvalue weighted by Gasteiger charge is 2.29. The molecular formula is C14H10Cl3Si. The van der Waals surface area contributed by atoms with Gasteiger partial charge in [-0.25, -0.2) is 0 Å². The average Bonchev–Trinajstić information content (AvgIpc) is 2.39. The van der Waals surface area contributed by atoms with Crippen LogP contribution in [0.3, 0.4) is 0 Å². The van der Waals surface area contributed by atoms with Gasteiger partial charge in [0, 0.05) is 31.2 Å². The molecule has 0 nitrogen and oxygen atoms in total. The zero-order valence-electron chi connectivity index (χ0n) is 9.46. The summed E-state index contributed by atoms with van der Waals surface area (Å²) in [6, 6.07) is 15.2. The SMILES string of the molecule is [Si]C(CCl)(c1ccc(Cl)cc1)c1ccccc1Cl. The molecule has 18 heavy (non-hydrogen) atoms. The Labute approximate surface area is 125 Å². The van der Waals surface area contributed by atoms with Gasteiger partial charge in [0.15, 0.2) is 0 Å². The second-order valence-electron chi connectivity index (χ2n) is 4.03. The van der Waals surface area contributed by atoms with Gasteiger partial charge in [0.2, 0.25) is 0 Å². The first kappa shape index (κ1) is 13.9. The molecule has 0 aliphatic rings. The van der Waals surface area contributed by atoms with Crippen molar-refractivity contribution >= 4 is 45.0 Å². The topological polar surface area (TPSA) is 0 Å². The zero-order valence-corrected chi connectivity index (χ0v) is 12.7. The molecular weight excluding hydrogens is 303 g/mol. The van der Waals surface area contributed by atoms with E-state index in [1.807, 2.05) is 48.5 Å². The number of hydrogen-bond donors (Lipinski definition) is 0. The second-order valence-corrected chi connectivity index (χ2v) is 5.99. The number of hydrogen-bond acceptors (Lipinski definition) is 0. The third kappa shape index (κ3) is 2.60. The predicted octanol–water partition coefficient (Wildman–Crippen LogP) is 4.64. The minimum atomic E-state index is -0.509. The summed E-state index contributed by atoms with van der Waals surface area (Å²) in [5.74, 6) is 0.370. The smallest absolute Gasteiger partial charge is 0.0461 e. The lowest BCUT2D eigenvalue weighted by Crippen LogP contribution is -2.30. The summed E-state index contributed by atoms with van der Waals surface area (Å²) in [6.07, 6.45) is 0. The first-order valence-electron chi connectivity index (χ1n) is 5.40. The minimum absolute atomic E-state index is 0.370. The van der Waals surface area contributed by atoms with Gasteiger partial charge in [0.25, 0.3) is 0 Å².